The number of fused-ring (bicyclic) bond motifs is 1. The van der Waals surface area contributed by atoms with Gasteiger partial charge in [-0.05, 0) is 18.6 Å². The summed E-state index contributed by atoms with van der Waals surface area (Å²) >= 11 is 0. The van der Waals surface area contributed by atoms with Crippen molar-refractivity contribution in [2.24, 2.45) is 0 Å². The predicted molar refractivity (Wildman–Crippen MR) is 61.9 cm³/mol. The summed E-state index contributed by atoms with van der Waals surface area (Å²) in [4.78, 5) is 15.9. The van der Waals surface area contributed by atoms with Crippen molar-refractivity contribution in [3.05, 3.63) is 35.9 Å². The van der Waals surface area contributed by atoms with Crippen LogP contribution >= 0.6 is 0 Å². The Hall–Kier alpha value is -1.88. The summed E-state index contributed by atoms with van der Waals surface area (Å²) in [7, 11) is 1.35. The van der Waals surface area contributed by atoms with Crippen LogP contribution in [0, 0.1) is 0 Å². The zero-order chi connectivity index (χ0) is 12.3. The van der Waals surface area contributed by atoms with E-state index < -0.39 is 0 Å². The third-order valence-electron chi connectivity index (χ3n) is 2.58. The van der Waals surface area contributed by atoms with Gasteiger partial charge in [-0.3, -0.25) is 4.40 Å². The molecule has 5 nitrogen and oxygen atoms in total. The summed E-state index contributed by atoms with van der Waals surface area (Å²) in [6, 6.07) is 5.37. The van der Waals surface area contributed by atoms with Gasteiger partial charge in [0.2, 0.25) is 0 Å². The average Bonchev–Trinajstić information content (AvgIpc) is 2.78. The van der Waals surface area contributed by atoms with E-state index >= 15 is 0 Å². The topological polar surface area (TPSA) is 63.8 Å². The molecule has 2 rings (SSSR count). The van der Waals surface area contributed by atoms with Crippen molar-refractivity contribution < 1.29 is 14.6 Å². The quantitative estimate of drug-likeness (QED) is 0.803. The van der Waals surface area contributed by atoms with E-state index in [1.165, 1.54) is 7.11 Å². The minimum atomic E-state index is -0.390. The monoisotopic (exact) mass is 234 g/mol. The molecular formula is C12H14N2O3. The van der Waals surface area contributed by atoms with Gasteiger partial charge in [0.25, 0.3) is 0 Å². The fourth-order valence-electron chi connectivity index (χ4n) is 1.79. The molecule has 0 unspecified atom stereocenters. The highest BCUT2D eigenvalue weighted by Gasteiger charge is 2.13. The molecule has 0 aliphatic carbocycles. The Bertz CT molecular complexity index is 534. The zero-order valence-electron chi connectivity index (χ0n) is 9.59. The molecule has 0 fully saturated rings. The summed E-state index contributed by atoms with van der Waals surface area (Å²) < 4.78 is 6.50. The van der Waals surface area contributed by atoms with E-state index in [-0.39, 0.29) is 12.6 Å². The molecule has 5 heteroatoms. The van der Waals surface area contributed by atoms with Gasteiger partial charge in [-0.1, -0.05) is 6.07 Å². The van der Waals surface area contributed by atoms with Crippen LogP contribution in [0.25, 0.3) is 5.52 Å². The maximum absolute atomic E-state index is 11.6. The summed E-state index contributed by atoms with van der Waals surface area (Å²) in [5.41, 5.74) is 1.30. The molecule has 2 aromatic rings. The van der Waals surface area contributed by atoms with Crippen LogP contribution in [-0.2, 0) is 11.2 Å². The second kappa shape index (κ2) is 4.97. The Kier molecular flexibility index (Phi) is 3.39. The van der Waals surface area contributed by atoms with E-state index in [0.29, 0.717) is 18.5 Å². The third kappa shape index (κ3) is 2.14. The number of esters is 1. The summed E-state index contributed by atoms with van der Waals surface area (Å²) in [5.74, 6) is 0.369. The van der Waals surface area contributed by atoms with E-state index in [1.54, 1.807) is 22.7 Å². The van der Waals surface area contributed by atoms with E-state index in [9.17, 15) is 4.79 Å². The fourth-order valence-corrected chi connectivity index (χ4v) is 1.79. The van der Waals surface area contributed by atoms with Gasteiger partial charge < -0.3 is 9.84 Å². The van der Waals surface area contributed by atoms with E-state index in [0.717, 1.165) is 11.3 Å². The van der Waals surface area contributed by atoms with Gasteiger partial charge in [-0.15, -0.1) is 0 Å². The first-order chi connectivity index (χ1) is 8.27. The van der Waals surface area contributed by atoms with E-state index in [4.69, 9.17) is 9.84 Å². The van der Waals surface area contributed by atoms with E-state index in [2.05, 4.69) is 4.98 Å². The number of imidazole rings is 1. The van der Waals surface area contributed by atoms with Gasteiger partial charge >= 0.3 is 5.97 Å². The molecule has 0 bridgehead atoms. The lowest BCUT2D eigenvalue weighted by molar-refractivity contribution is 0.0592. The number of carbonyl (C=O) groups is 1. The van der Waals surface area contributed by atoms with Crippen LogP contribution in [0.15, 0.2) is 24.4 Å². The molecule has 0 spiro atoms. The van der Waals surface area contributed by atoms with Crippen molar-refractivity contribution >= 4 is 11.5 Å². The average molecular weight is 234 g/mol. The SMILES string of the molecule is COC(=O)c1cccc2cnc(CCCO)n12. The maximum Gasteiger partial charge on any atom is 0.355 e. The minimum Gasteiger partial charge on any atom is -0.464 e. The number of aliphatic hydroxyl groups excluding tert-OH is 1. The van der Waals surface area contributed by atoms with Crippen LogP contribution in [0.4, 0.5) is 0 Å². The van der Waals surface area contributed by atoms with Crippen molar-refractivity contribution in [3.8, 4) is 0 Å². The normalized spacial score (nSPS) is 10.7. The number of pyridine rings is 1. The Morgan fingerprint density at radius 1 is 1.53 bits per heavy atom. The van der Waals surface area contributed by atoms with Crippen LogP contribution < -0.4 is 0 Å². The van der Waals surface area contributed by atoms with Gasteiger partial charge in [0.1, 0.15) is 11.5 Å². The van der Waals surface area contributed by atoms with Gasteiger partial charge in [-0.2, -0.15) is 0 Å². The van der Waals surface area contributed by atoms with Crippen molar-refractivity contribution in [2.75, 3.05) is 13.7 Å². The van der Waals surface area contributed by atoms with Crippen molar-refractivity contribution in [1.82, 2.24) is 9.38 Å². The Morgan fingerprint density at radius 2 is 2.35 bits per heavy atom. The summed E-state index contributed by atoms with van der Waals surface area (Å²) in [6.45, 7) is 0.106. The van der Waals surface area contributed by atoms with Crippen LogP contribution in [0.3, 0.4) is 0 Å². The first-order valence-corrected chi connectivity index (χ1v) is 5.42. The van der Waals surface area contributed by atoms with Gasteiger partial charge in [-0.25, -0.2) is 9.78 Å². The highest BCUT2D eigenvalue weighted by molar-refractivity contribution is 5.88. The molecule has 0 saturated heterocycles. The van der Waals surface area contributed by atoms with E-state index in [1.807, 2.05) is 6.07 Å². The Labute approximate surface area is 98.7 Å². The van der Waals surface area contributed by atoms with Crippen LogP contribution in [-0.4, -0.2) is 34.2 Å². The first-order valence-electron chi connectivity index (χ1n) is 5.42. The molecule has 0 aliphatic heterocycles. The molecule has 0 saturated carbocycles. The number of hydrogen-bond acceptors (Lipinski definition) is 4. The van der Waals surface area contributed by atoms with Gasteiger partial charge in [0.15, 0.2) is 0 Å². The second-order valence-electron chi connectivity index (χ2n) is 3.66. The third-order valence-corrected chi connectivity index (χ3v) is 2.58. The molecule has 2 heterocycles. The molecule has 0 aliphatic rings. The molecule has 0 atom stereocenters. The molecule has 0 aromatic carbocycles. The highest BCUT2D eigenvalue weighted by atomic mass is 16.5. The number of nitrogens with zero attached hydrogens (tertiary/aromatic N) is 2. The van der Waals surface area contributed by atoms with Crippen molar-refractivity contribution in [3.63, 3.8) is 0 Å². The Morgan fingerprint density at radius 3 is 3.06 bits per heavy atom. The smallest absolute Gasteiger partial charge is 0.355 e. The zero-order valence-corrected chi connectivity index (χ0v) is 9.59. The molecule has 1 N–H and O–H groups in total. The second-order valence-corrected chi connectivity index (χ2v) is 3.66. The number of ether oxygens (including phenoxy) is 1. The molecule has 90 valence electrons. The molecule has 17 heavy (non-hydrogen) atoms. The van der Waals surface area contributed by atoms with Crippen molar-refractivity contribution in [2.45, 2.75) is 12.8 Å². The lowest BCUT2D eigenvalue weighted by atomic mass is 10.3. The summed E-state index contributed by atoms with van der Waals surface area (Å²) in [5, 5.41) is 8.83. The number of rotatable bonds is 4. The Balaban J connectivity index is 2.51. The number of hydrogen-bond donors (Lipinski definition) is 1. The van der Waals surface area contributed by atoms with Crippen LogP contribution in [0.5, 0.6) is 0 Å². The lowest BCUT2D eigenvalue weighted by Crippen LogP contribution is -2.10. The number of aliphatic hydroxyl groups is 1. The van der Waals surface area contributed by atoms with Crippen LogP contribution in [0.1, 0.15) is 22.7 Å². The maximum atomic E-state index is 11.6. The number of carbonyl (C=O) groups excluding carboxylic acids is 1. The first kappa shape index (κ1) is 11.6. The standard InChI is InChI=1S/C12H14N2O3/c1-17-12(16)10-5-2-4-9-8-13-11(14(9)10)6-3-7-15/h2,4-5,8,15H,3,6-7H2,1H3. The fraction of sp³-hybridized carbons (Fsp3) is 0.333. The lowest BCUT2D eigenvalue weighted by Gasteiger charge is -2.06. The number of methoxy groups -OCH3 is 1. The largest absolute Gasteiger partial charge is 0.464 e. The van der Waals surface area contributed by atoms with Crippen molar-refractivity contribution in [1.29, 1.82) is 0 Å². The molecular weight excluding hydrogens is 220 g/mol. The minimum absolute atomic E-state index is 0.106. The predicted octanol–water partition coefficient (Wildman–Crippen LogP) is 1.05. The number of aromatic nitrogens is 2. The number of aryl methyl sites for hydroxylation is 1. The summed E-state index contributed by atoms with van der Waals surface area (Å²) in [6.07, 6.45) is 2.95. The molecule has 2 aromatic heterocycles. The molecule has 0 radical (unpaired) electrons. The van der Waals surface area contributed by atoms with Crippen LogP contribution in [0.2, 0.25) is 0 Å². The molecule has 0 amide bonds. The van der Waals surface area contributed by atoms with Gasteiger partial charge in [0, 0.05) is 13.0 Å². The highest BCUT2D eigenvalue weighted by Crippen LogP contribution is 2.13. The van der Waals surface area contributed by atoms with Gasteiger partial charge in [0.05, 0.1) is 18.8 Å².